The molecule has 1 amide bonds. The Morgan fingerprint density at radius 1 is 1.00 bits per heavy atom. The number of unbranched alkanes of at least 4 members (excludes halogenated alkanes) is 3. The zero-order valence-corrected chi connectivity index (χ0v) is 18.6. The van der Waals surface area contributed by atoms with Gasteiger partial charge in [0.2, 0.25) is 16.8 Å². The number of aromatic nitrogens is 1. The first-order valence-electron chi connectivity index (χ1n) is 10.4. The number of nitrogens with one attached hydrogen (secondary N) is 1. The molecule has 166 valence electrons. The first-order chi connectivity index (χ1) is 15.0. The fourth-order valence-corrected chi connectivity index (χ4v) is 4.27. The monoisotopic (exact) mass is 443 g/mol. The van der Waals surface area contributed by atoms with E-state index in [-0.39, 0.29) is 6.42 Å². The molecule has 0 bridgehead atoms. The third kappa shape index (κ3) is 6.40. The predicted molar refractivity (Wildman–Crippen MR) is 122 cm³/mol. The third-order valence-electron chi connectivity index (χ3n) is 5.46. The van der Waals surface area contributed by atoms with Crippen molar-refractivity contribution in [3.8, 4) is 11.1 Å². The zero-order chi connectivity index (χ0) is 22.2. The molecule has 0 saturated heterocycles. The molecule has 2 aromatic carbocycles. The van der Waals surface area contributed by atoms with Gasteiger partial charge >= 0.3 is 0 Å². The van der Waals surface area contributed by atoms with Crippen LogP contribution in [0.4, 0.5) is 0 Å². The van der Waals surface area contributed by atoms with Crippen LogP contribution in [-0.4, -0.2) is 34.9 Å². The highest BCUT2D eigenvalue weighted by Crippen LogP contribution is 2.25. The standard InChI is InChI=1S/C23H29N3O4S/c1-25-15-13-21-16-20(11-12-22(21)25)19-9-7-18(8-10-19)17-26(31(29)30)14-5-3-2-4-6-23(27)24-28/h7-13,15-16,28,31H,2-6,14,17H2,1H3,(H,24,27). The van der Waals surface area contributed by atoms with E-state index < -0.39 is 16.8 Å². The number of carbonyl (C=O) groups excluding carboxylic acids is 1. The summed E-state index contributed by atoms with van der Waals surface area (Å²) in [5.74, 6) is -0.392. The number of fused-ring (bicyclic) bond motifs is 1. The molecule has 0 aliphatic rings. The molecule has 1 heterocycles. The van der Waals surface area contributed by atoms with Gasteiger partial charge in [0.15, 0.2) is 0 Å². The fraction of sp³-hybridized carbons (Fsp3) is 0.348. The van der Waals surface area contributed by atoms with Gasteiger partial charge in [-0.2, -0.15) is 4.31 Å². The Morgan fingerprint density at radius 3 is 2.42 bits per heavy atom. The van der Waals surface area contributed by atoms with E-state index in [9.17, 15) is 13.2 Å². The second-order valence-corrected chi connectivity index (χ2v) is 8.76. The molecule has 0 spiro atoms. The van der Waals surface area contributed by atoms with Gasteiger partial charge in [0.25, 0.3) is 0 Å². The molecule has 0 aliphatic carbocycles. The largest absolute Gasteiger partial charge is 0.351 e. The second-order valence-electron chi connectivity index (χ2n) is 7.72. The van der Waals surface area contributed by atoms with Crippen molar-refractivity contribution in [1.82, 2.24) is 14.4 Å². The van der Waals surface area contributed by atoms with Gasteiger partial charge in [-0.1, -0.05) is 43.2 Å². The van der Waals surface area contributed by atoms with E-state index in [4.69, 9.17) is 5.21 Å². The maximum Gasteiger partial charge on any atom is 0.243 e. The summed E-state index contributed by atoms with van der Waals surface area (Å²) in [6.07, 6.45) is 5.38. The average molecular weight is 444 g/mol. The number of rotatable bonds is 11. The van der Waals surface area contributed by atoms with Crippen LogP contribution in [0.5, 0.6) is 0 Å². The third-order valence-corrected chi connectivity index (χ3v) is 6.27. The highest BCUT2D eigenvalue weighted by atomic mass is 32.2. The predicted octanol–water partition coefficient (Wildman–Crippen LogP) is 3.63. The summed E-state index contributed by atoms with van der Waals surface area (Å²) < 4.78 is 26.8. The number of hydroxylamine groups is 1. The van der Waals surface area contributed by atoms with E-state index >= 15 is 0 Å². The van der Waals surface area contributed by atoms with Gasteiger partial charge < -0.3 is 4.57 Å². The molecule has 31 heavy (non-hydrogen) atoms. The summed E-state index contributed by atoms with van der Waals surface area (Å²) in [6.45, 7) is 0.806. The SMILES string of the molecule is Cn1ccc2cc(-c3ccc(CN(CCCCCCC(=O)NO)[SH](=O)=O)cc3)ccc21. The Labute approximate surface area is 184 Å². The minimum absolute atomic E-state index is 0.277. The minimum Gasteiger partial charge on any atom is -0.351 e. The lowest BCUT2D eigenvalue weighted by atomic mass is 10.0. The number of benzene rings is 2. The molecule has 0 saturated carbocycles. The molecular formula is C23H29N3O4S. The van der Waals surface area contributed by atoms with Gasteiger partial charge in [0, 0.05) is 43.7 Å². The van der Waals surface area contributed by atoms with Gasteiger partial charge in [-0.25, -0.2) is 13.9 Å². The Kier molecular flexibility index (Phi) is 8.22. The molecular weight excluding hydrogens is 414 g/mol. The zero-order valence-electron chi connectivity index (χ0n) is 17.7. The summed E-state index contributed by atoms with van der Waals surface area (Å²) in [6, 6.07) is 16.5. The highest BCUT2D eigenvalue weighted by Gasteiger charge is 2.09. The van der Waals surface area contributed by atoms with Gasteiger partial charge in [-0.15, -0.1) is 0 Å². The molecule has 0 atom stereocenters. The minimum atomic E-state index is -2.66. The summed E-state index contributed by atoms with van der Waals surface area (Å²) >= 11 is 0. The molecule has 2 N–H and O–H groups in total. The highest BCUT2D eigenvalue weighted by molar-refractivity contribution is 7.69. The molecule has 7 nitrogen and oxygen atoms in total. The van der Waals surface area contributed by atoms with E-state index in [1.165, 1.54) is 15.2 Å². The molecule has 0 aliphatic heterocycles. The van der Waals surface area contributed by atoms with Crippen molar-refractivity contribution in [1.29, 1.82) is 0 Å². The van der Waals surface area contributed by atoms with Crippen molar-refractivity contribution in [3.05, 3.63) is 60.3 Å². The number of hydrogen-bond donors (Lipinski definition) is 3. The van der Waals surface area contributed by atoms with E-state index in [1.54, 1.807) is 5.48 Å². The first-order valence-corrected chi connectivity index (χ1v) is 11.6. The lowest BCUT2D eigenvalue weighted by Gasteiger charge is -2.15. The quantitative estimate of drug-likeness (QED) is 0.183. The van der Waals surface area contributed by atoms with Crippen molar-refractivity contribution in [2.75, 3.05) is 6.54 Å². The topological polar surface area (TPSA) is 91.6 Å². The molecule has 0 radical (unpaired) electrons. The number of carbonyl (C=O) groups is 1. The lowest BCUT2D eigenvalue weighted by Crippen LogP contribution is -2.22. The lowest BCUT2D eigenvalue weighted by molar-refractivity contribution is -0.129. The van der Waals surface area contributed by atoms with Crippen LogP contribution in [0.3, 0.4) is 0 Å². The maximum atomic E-state index is 11.6. The van der Waals surface area contributed by atoms with Crippen LogP contribution in [0.15, 0.2) is 54.7 Å². The van der Waals surface area contributed by atoms with Crippen molar-refractivity contribution in [2.24, 2.45) is 7.05 Å². The van der Waals surface area contributed by atoms with Crippen molar-refractivity contribution in [2.45, 2.75) is 38.6 Å². The maximum absolute atomic E-state index is 11.6. The van der Waals surface area contributed by atoms with Crippen LogP contribution in [0.25, 0.3) is 22.0 Å². The smallest absolute Gasteiger partial charge is 0.243 e. The molecule has 0 fully saturated rings. The van der Waals surface area contributed by atoms with Crippen LogP contribution in [0, 0.1) is 0 Å². The van der Waals surface area contributed by atoms with E-state index in [2.05, 4.69) is 28.8 Å². The van der Waals surface area contributed by atoms with Crippen molar-refractivity contribution in [3.63, 3.8) is 0 Å². The van der Waals surface area contributed by atoms with Gasteiger partial charge in [0.1, 0.15) is 0 Å². The molecule has 3 rings (SSSR count). The van der Waals surface area contributed by atoms with Crippen molar-refractivity contribution >= 4 is 27.7 Å². The first kappa shape index (κ1) is 23.0. The van der Waals surface area contributed by atoms with Gasteiger partial charge in [-0.05, 0) is 47.7 Å². The van der Waals surface area contributed by atoms with E-state index in [0.29, 0.717) is 19.5 Å². The van der Waals surface area contributed by atoms with Gasteiger partial charge in [0.05, 0.1) is 0 Å². The van der Waals surface area contributed by atoms with Crippen LogP contribution in [0.1, 0.15) is 37.7 Å². The molecule has 0 unspecified atom stereocenters. The van der Waals surface area contributed by atoms with Crippen LogP contribution in [0.2, 0.25) is 0 Å². The van der Waals surface area contributed by atoms with E-state index in [0.717, 1.165) is 36.0 Å². The van der Waals surface area contributed by atoms with E-state index in [1.807, 2.05) is 37.5 Å². The number of nitrogens with zero attached hydrogens (tertiary/aromatic N) is 2. The normalized spacial score (nSPS) is 11.5. The van der Waals surface area contributed by atoms with Crippen LogP contribution >= 0.6 is 0 Å². The average Bonchev–Trinajstić information content (AvgIpc) is 3.15. The Hall–Kier alpha value is -2.68. The molecule has 1 aromatic heterocycles. The van der Waals surface area contributed by atoms with Crippen LogP contribution in [-0.2, 0) is 29.3 Å². The number of amides is 1. The summed E-state index contributed by atoms with van der Waals surface area (Å²) in [4.78, 5) is 11.0. The second kappa shape index (κ2) is 11.1. The summed E-state index contributed by atoms with van der Waals surface area (Å²) in [7, 11) is -0.633. The van der Waals surface area contributed by atoms with Gasteiger partial charge in [-0.3, -0.25) is 10.0 Å². The number of thiol groups is 1. The Balaban J connectivity index is 1.54. The fourth-order valence-electron chi connectivity index (χ4n) is 3.68. The number of aryl methyl sites for hydroxylation is 1. The Morgan fingerprint density at radius 2 is 1.71 bits per heavy atom. The summed E-state index contributed by atoms with van der Waals surface area (Å²) in [5, 5.41) is 9.65. The van der Waals surface area contributed by atoms with Crippen LogP contribution < -0.4 is 5.48 Å². The Bertz CT molecular complexity index is 1080. The molecule has 3 aromatic rings. The number of hydrogen-bond acceptors (Lipinski definition) is 4. The van der Waals surface area contributed by atoms with Crippen molar-refractivity contribution < 1.29 is 18.4 Å². The summed E-state index contributed by atoms with van der Waals surface area (Å²) in [5.41, 5.74) is 5.97. The molecule has 8 heteroatoms.